The topological polar surface area (TPSA) is 23.5 Å². The zero-order valence-electron chi connectivity index (χ0n) is 10.5. The number of phenolic OH excluding ortho intramolecular Hbond substituents is 1. The highest BCUT2D eigenvalue weighted by atomic mass is 35.5. The van der Waals surface area contributed by atoms with Gasteiger partial charge >= 0.3 is 0 Å². The molecule has 0 bridgehead atoms. The molecule has 2 nitrogen and oxygen atoms in total. The standard InChI is InChI=1S/C14H20ClNO/c1-3-11-6-7-16(9-11)10(2)13-8-12(15)4-5-14(13)17/h4-5,8,10-11,17H,3,6-7,9H2,1-2H3. The van der Waals surface area contributed by atoms with Crippen molar-refractivity contribution >= 4 is 11.6 Å². The smallest absolute Gasteiger partial charge is 0.120 e. The summed E-state index contributed by atoms with van der Waals surface area (Å²) in [6, 6.07) is 5.53. The van der Waals surface area contributed by atoms with E-state index in [0.717, 1.165) is 24.6 Å². The zero-order valence-corrected chi connectivity index (χ0v) is 11.2. The molecule has 0 aromatic heterocycles. The van der Waals surface area contributed by atoms with Gasteiger partial charge in [-0.3, -0.25) is 4.90 Å². The summed E-state index contributed by atoms with van der Waals surface area (Å²) < 4.78 is 0. The van der Waals surface area contributed by atoms with Crippen LogP contribution in [0.15, 0.2) is 18.2 Å². The molecule has 0 spiro atoms. The number of rotatable bonds is 3. The monoisotopic (exact) mass is 253 g/mol. The number of hydrogen-bond donors (Lipinski definition) is 1. The van der Waals surface area contributed by atoms with E-state index in [1.54, 1.807) is 12.1 Å². The molecular formula is C14H20ClNO. The fraction of sp³-hybridized carbons (Fsp3) is 0.571. The minimum absolute atomic E-state index is 0.241. The number of halogens is 1. The fourth-order valence-electron chi connectivity index (χ4n) is 2.60. The highest BCUT2D eigenvalue weighted by molar-refractivity contribution is 6.30. The average Bonchev–Trinajstić information content (AvgIpc) is 2.80. The van der Waals surface area contributed by atoms with Gasteiger partial charge in [0, 0.05) is 23.2 Å². The molecule has 1 fully saturated rings. The first-order valence-corrected chi connectivity index (χ1v) is 6.72. The number of nitrogens with zero attached hydrogens (tertiary/aromatic N) is 1. The van der Waals surface area contributed by atoms with E-state index in [2.05, 4.69) is 18.7 Å². The molecular weight excluding hydrogens is 234 g/mol. The van der Waals surface area contributed by atoms with Crippen LogP contribution in [0.3, 0.4) is 0 Å². The van der Waals surface area contributed by atoms with E-state index in [-0.39, 0.29) is 6.04 Å². The fourth-order valence-corrected chi connectivity index (χ4v) is 2.78. The second kappa shape index (κ2) is 5.28. The average molecular weight is 254 g/mol. The zero-order chi connectivity index (χ0) is 12.4. The van der Waals surface area contributed by atoms with Gasteiger partial charge in [0.05, 0.1) is 0 Å². The van der Waals surface area contributed by atoms with Gasteiger partial charge in [-0.25, -0.2) is 0 Å². The van der Waals surface area contributed by atoms with Crippen molar-refractivity contribution in [3.63, 3.8) is 0 Å². The van der Waals surface area contributed by atoms with Crippen molar-refractivity contribution in [3.05, 3.63) is 28.8 Å². The van der Waals surface area contributed by atoms with Crippen molar-refractivity contribution in [2.24, 2.45) is 5.92 Å². The third-order valence-electron chi connectivity index (χ3n) is 3.88. The second-order valence-corrected chi connectivity index (χ2v) is 5.37. The highest BCUT2D eigenvalue weighted by Crippen LogP contribution is 2.34. The van der Waals surface area contributed by atoms with E-state index in [4.69, 9.17) is 11.6 Å². The van der Waals surface area contributed by atoms with Gasteiger partial charge in [0.15, 0.2) is 0 Å². The molecule has 0 amide bonds. The van der Waals surface area contributed by atoms with Gasteiger partial charge in [0.2, 0.25) is 0 Å². The molecule has 1 aromatic carbocycles. The Balaban J connectivity index is 2.14. The molecule has 2 rings (SSSR count). The molecule has 94 valence electrons. The van der Waals surface area contributed by atoms with Crippen LogP contribution in [0.2, 0.25) is 5.02 Å². The van der Waals surface area contributed by atoms with Gasteiger partial charge < -0.3 is 5.11 Å². The van der Waals surface area contributed by atoms with E-state index >= 15 is 0 Å². The molecule has 0 radical (unpaired) electrons. The Bertz CT molecular complexity index is 394. The Hall–Kier alpha value is -0.730. The van der Waals surface area contributed by atoms with Crippen molar-refractivity contribution < 1.29 is 5.11 Å². The Morgan fingerprint density at radius 1 is 1.53 bits per heavy atom. The first kappa shape index (κ1) is 12.7. The lowest BCUT2D eigenvalue weighted by Crippen LogP contribution is -2.24. The molecule has 1 aliphatic heterocycles. The first-order valence-electron chi connectivity index (χ1n) is 6.34. The Labute approximate surface area is 108 Å². The quantitative estimate of drug-likeness (QED) is 0.885. The molecule has 1 N–H and O–H groups in total. The van der Waals surface area contributed by atoms with Gasteiger partial charge in [-0.2, -0.15) is 0 Å². The van der Waals surface area contributed by atoms with Crippen LogP contribution in [0, 0.1) is 5.92 Å². The van der Waals surface area contributed by atoms with E-state index in [9.17, 15) is 5.11 Å². The van der Waals surface area contributed by atoms with Gasteiger partial charge in [-0.15, -0.1) is 0 Å². The van der Waals surface area contributed by atoms with Gasteiger partial charge in [0.1, 0.15) is 5.75 Å². The summed E-state index contributed by atoms with van der Waals surface area (Å²) in [5.41, 5.74) is 0.939. The molecule has 0 saturated carbocycles. The highest BCUT2D eigenvalue weighted by Gasteiger charge is 2.26. The molecule has 2 atom stereocenters. The van der Waals surface area contributed by atoms with Gasteiger partial charge in [0.25, 0.3) is 0 Å². The van der Waals surface area contributed by atoms with Crippen LogP contribution >= 0.6 is 11.6 Å². The molecule has 17 heavy (non-hydrogen) atoms. The van der Waals surface area contributed by atoms with Crippen molar-refractivity contribution in [1.29, 1.82) is 0 Å². The maximum Gasteiger partial charge on any atom is 0.120 e. The minimum atomic E-state index is 0.241. The predicted molar refractivity (Wildman–Crippen MR) is 71.5 cm³/mol. The first-order chi connectivity index (χ1) is 8.11. The predicted octanol–water partition coefficient (Wildman–Crippen LogP) is 3.84. The Kier molecular flexibility index (Phi) is 3.95. The third-order valence-corrected chi connectivity index (χ3v) is 4.12. The molecule has 1 heterocycles. The molecule has 1 saturated heterocycles. The summed E-state index contributed by atoms with van der Waals surface area (Å²) in [4.78, 5) is 2.43. The minimum Gasteiger partial charge on any atom is -0.508 e. The molecule has 1 aromatic rings. The summed E-state index contributed by atoms with van der Waals surface area (Å²) in [6.45, 7) is 6.63. The van der Waals surface area contributed by atoms with Gasteiger partial charge in [-0.1, -0.05) is 24.9 Å². The van der Waals surface area contributed by atoms with Crippen LogP contribution in [0.1, 0.15) is 38.3 Å². The van der Waals surface area contributed by atoms with Gasteiger partial charge in [-0.05, 0) is 44.0 Å². The third kappa shape index (κ3) is 2.75. The molecule has 2 unspecified atom stereocenters. The van der Waals surface area contributed by atoms with Crippen molar-refractivity contribution in [1.82, 2.24) is 4.90 Å². The van der Waals surface area contributed by atoms with Crippen LogP contribution in [-0.4, -0.2) is 23.1 Å². The summed E-state index contributed by atoms with van der Waals surface area (Å²) in [7, 11) is 0. The maximum absolute atomic E-state index is 9.90. The Morgan fingerprint density at radius 2 is 2.29 bits per heavy atom. The van der Waals surface area contributed by atoms with Crippen molar-refractivity contribution in [3.8, 4) is 5.75 Å². The van der Waals surface area contributed by atoms with Crippen LogP contribution in [0.25, 0.3) is 0 Å². The Morgan fingerprint density at radius 3 is 2.94 bits per heavy atom. The number of hydrogen-bond acceptors (Lipinski definition) is 2. The molecule has 0 aliphatic carbocycles. The summed E-state index contributed by atoms with van der Waals surface area (Å²) >= 11 is 5.99. The number of likely N-dealkylation sites (tertiary alicyclic amines) is 1. The summed E-state index contributed by atoms with van der Waals surface area (Å²) in [6.07, 6.45) is 2.51. The lowest BCUT2D eigenvalue weighted by atomic mass is 10.1. The SMILES string of the molecule is CCC1CCN(C(C)c2cc(Cl)ccc2O)C1. The van der Waals surface area contributed by atoms with E-state index in [1.165, 1.54) is 12.8 Å². The van der Waals surface area contributed by atoms with Crippen LogP contribution in [-0.2, 0) is 0 Å². The lowest BCUT2D eigenvalue weighted by Gasteiger charge is -2.25. The van der Waals surface area contributed by atoms with Crippen molar-refractivity contribution in [2.75, 3.05) is 13.1 Å². The van der Waals surface area contributed by atoms with E-state index < -0.39 is 0 Å². The summed E-state index contributed by atoms with van der Waals surface area (Å²) in [5.74, 6) is 1.15. The molecule has 1 aliphatic rings. The number of benzene rings is 1. The number of phenols is 1. The maximum atomic E-state index is 9.90. The van der Waals surface area contributed by atoms with Crippen LogP contribution in [0.4, 0.5) is 0 Å². The number of aromatic hydroxyl groups is 1. The summed E-state index contributed by atoms with van der Waals surface area (Å²) in [5, 5.41) is 10.6. The largest absolute Gasteiger partial charge is 0.508 e. The van der Waals surface area contributed by atoms with E-state index in [1.807, 2.05) is 6.07 Å². The van der Waals surface area contributed by atoms with Crippen LogP contribution in [0.5, 0.6) is 5.75 Å². The van der Waals surface area contributed by atoms with Crippen LogP contribution < -0.4 is 0 Å². The van der Waals surface area contributed by atoms with Crippen molar-refractivity contribution in [2.45, 2.75) is 32.7 Å². The normalized spacial score (nSPS) is 22.9. The lowest BCUT2D eigenvalue weighted by molar-refractivity contribution is 0.247. The second-order valence-electron chi connectivity index (χ2n) is 4.94. The molecule has 3 heteroatoms. The van der Waals surface area contributed by atoms with E-state index in [0.29, 0.717) is 10.8 Å².